The van der Waals surface area contributed by atoms with Gasteiger partial charge >= 0.3 is 0 Å². The molecule has 1 saturated carbocycles. The van der Waals surface area contributed by atoms with Gasteiger partial charge in [0.05, 0.1) is 0 Å². The van der Waals surface area contributed by atoms with Gasteiger partial charge in [-0.15, -0.1) is 0 Å². The van der Waals surface area contributed by atoms with E-state index in [2.05, 4.69) is 30.9 Å². The number of hydrogen-bond donors (Lipinski definition) is 1. The molecule has 0 saturated heterocycles. The van der Waals surface area contributed by atoms with Crippen LogP contribution in [0, 0.1) is 0 Å². The van der Waals surface area contributed by atoms with Gasteiger partial charge in [0, 0.05) is 12.1 Å². The zero-order chi connectivity index (χ0) is 10.6. The molecule has 3 nitrogen and oxygen atoms in total. The Kier molecular flexibility index (Phi) is 4.14. The lowest BCUT2D eigenvalue weighted by atomic mass is 9.90. The molecule has 0 aromatic carbocycles. The second-order valence-corrected chi connectivity index (χ2v) is 4.18. The Bertz CT molecular complexity index is 205. The maximum Gasteiger partial charge on any atom is 0.243 e. The average molecular weight is 196 g/mol. The van der Waals surface area contributed by atoms with Crippen LogP contribution in [0.3, 0.4) is 0 Å². The van der Waals surface area contributed by atoms with Crippen LogP contribution in [0.4, 0.5) is 0 Å². The highest BCUT2D eigenvalue weighted by Gasteiger charge is 2.22. The van der Waals surface area contributed by atoms with Crippen molar-refractivity contribution in [2.75, 3.05) is 14.1 Å². The van der Waals surface area contributed by atoms with Gasteiger partial charge in [-0.05, 0) is 45.9 Å². The normalized spacial score (nSPS) is 27.4. The Morgan fingerprint density at radius 2 is 1.93 bits per heavy atom. The first-order valence-corrected chi connectivity index (χ1v) is 5.23. The summed E-state index contributed by atoms with van der Waals surface area (Å²) in [6.07, 6.45) is 5.87. The smallest absolute Gasteiger partial charge is 0.243 e. The van der Waals surface area contributed by atoms with Crippen LogP contribution in [0.1, 0.15) is 25.7 Å². The molecule has 14 heavy (non-hydrogen) atoms. The average Bonchev–Trinajstić information content (AvgIpc) is 2.18. The lowest BCUT2D eigenvalue weighted by Gasteiger charge is -2.32. The molecule has 1 aliphatic carbocycles. The summed E-state index contributed by atoms with van der Waals surface area (Å²) < 4.78 is 0. The lowest BCUT2D eigenvalue weighted by molar-refractivity contribution is -0.117. The van der Waals surface area contributed by atoms with Crippen molar-refractivity contribution in [3.8, 4) is 0 Å². The summed E-state index contributed by atoms with van der Waals surface area (Å²) in [5.74, 6) is -0.0432. The van der Waals surface area contributed by atoms with E-state index in [-0.39, 0.29) is 5.91 Å². The summed E-state index contributed by atoms with van der Waals surface area (Å²) >= 11 is 0. The second-order valence-electron chi connectivity index (χ2n) is 4.18. The van der Waals surface area contributed by atoms with E-state index in [1.165, 1.54) is 18.9 Å². The van der Waals surface area contributed by atoms with Gasteiger partial charge in [0.1, 0.15) is 0 Å². The zero-order valence-electron chi connectivity index (χ0n) is 9.12. The highest BCUT2D eigenvalue weighted by atomic mass is 16.1. The molecule has 1 rings (SSSR count). The standard InChI is InChI=1S/C11H20N2O/c1-4-11(14)12-9-5-7-10(8-6-9)13(2)3/h4,9-10H,1,5-8H2,2-3H3,(H,12,14). The first-order chi connectivity index (χ1) is 6.63. The van der Waals surface area contributed by atoms with Crippen LogP contribution in [0.5, 0.6) is 0 Å². The Morgan fingerprint density at radius 3 is 2.36 bits per heavy atom. The van der Waals surface area contributed by atoms with E-state index >= 15 is 0 Å². The Balaban J connectivity index is 2.28. The van der Waals surface area contributed by atoms with Gasteiger partial charge in [-0.3, -0.25) is 4.79 Å². The first-order valence-electron chi connectivity index (χ1n) is 5.23. The molecule has 0 bridgehead atoms. The summed E-state index contributed by atoms with van der Waals surface area (Å²) in [5.41, 5.74) is 0. The van der Waals surface area contributed by atoms with Crippen LogP contribution in [0.25, 0.3) is 0 Å². The van der Waals surface area contributed by atoms with E-state index in [9.17, 15) is 4.79 Å². The van der Waals surface area contributed by atoms with Crippen LogP contribution in [-0.4, -0.2) is 37.0 Å². The molecule has 1 aliphatic rings. The van der Waals surface area contributed by atoms with Crippen LogP contribution >= 0.6 is 0 Å². The van der Waals surface area contributed by atoms with Gasteiger partial charge in [-0.25, -0.2) is 0 Å². The molecule has 80 valence electrons. The number of carbonyl (C=O) groups excluding carboxylic acids is 1. The topological polar surface area (TPSA) is 32.3 Å². The van der Waals surface area contributed by atoms with Crippen LogP contribution in [-0.2, 0) is 4.79 Å². The van der Waals surface area contributed by atoms with Gasteiger partial charge < -0.3 is 10.2 Å². The predicted molar refractivity (Wildman–Crippen MR) is 58.1 cm³/mol. The molecule has 0 aromatic rings. The third kappa shape index (κ3) is 3.14. The van der Waals surface area contributed by atoms with Crippen molar-refractivity contribution in [1.29, 1.82) is 0 Å². The monoisotopic (exact) mass is 196 g/mol. The van der Waals surface area contributed by atoms with Crippen molar-refractivity contribution in [3.05, 3.63) is 12.7 Å². The fourth-order valence-electron chi connectivity index (χ4n) is 2.00. The van der Waals surface area contributed by atoms with Crippen molar-refractivity contribution >= 4 is 5.91 Å². The summed E-state index contributed by atoms with van der Waals surface area (Å²) in [5, 5.41) is 2.95. The van der Waals surface area contributed by atoms with Crippen molar-refractivity contribution in [2.45, 2.75) is 37.8 Å². The molecule has 0 heterocycles. The van der Waals surface area contributed by atoms with E-state index < -0.39 is 0 Å². The number of nitrogens with zero attached hydrogens (tertiary/aromatic N) is 1. The van der Waals surface area contributed by atoms with E-state index in [0.29, 0.717) is 12.1 Å². The second kappa shape index (κ2) is 5.15. The lowest BCUT2D eigenvalue weighted by Crippen LogP contribution is -2.41. The summed E-state index contributed by atoms with van der Waals surface area (Å²) in [6, 6.07) is 1.04. The van der Waals surface area contributed by atoms with Gasteiger partial charge in [-0.1, -0.05) is 6.58 Å². The van der Waals surface area contributed by atoms with Crippen LogP contribution in [0.2, 0.25) is 0 Å². The first kappa shape index (κ1) is 11.2. The van der Waals surface area contributed by atoms with E-state index in [0.717, 1.165) is 12.8 Å². The minimum absolute atomic E-state index is 0.0432. The summed E-state index contributed by atoms with van der Waals surface area (Å²) in [6.45, 7) is 3.45. The van der Waals surface area contributed by atoms with E-state index in [1.807, 2.05) is 0 Å². The van der Waals surface area contributed by atoms with Crippen molar-refractivity contribution in [3.63, 3.8) is 0 Å². The number of carbonyl (C=O) groups is 1. The molecule has 1 N–H and O–H groups in total. The molecule has 0 radical (unpaired) electrons. The molecular weight excluding hydrogens is 176 g/mol. The van der Waals surface area contributed by atoms with Crippen molar-refractivity contribution in [1.82, 2.24) is 10.2 Å². The molecule has 0 aromatic heterocycles. The minimum atomic E-state index is -0.0432. The SMILES string of the molecule is C=CC(=O)NC1CCC(N(C)C)CC1. The van der Waals surface area contributed by atoms with Gasteiger partial charge in [0.25, 0.3) is 0 Å². The largest absolute Gasteiger partial charge is 0.350 e. The van der Waals surface area contributed by atoms with Crippen LogP contribution in [0.15, 0.2) is 12.7 Å². The van der Waals surface area contributed by atoms with Gasteiger partial charge in [-0.2, -0.15) is 0 Å². The van der Waals surface area contributed by atoms with Gasteiger partial charge in [0.15, 0.2) is 0 Å². The summed E-state index contributed by atoms with van der Waals surface area (Å²) in [4.78, 5) is 13.3. The Labute approximate surface area is 86.2 Å². The van der Waals surface area contributed by atoms with Crippen LogP contribution < -0.4 is 5.32 Å². The highest BCUT2D eigenvalue weighted by Crippen LogP contribution is 2.21. The van der Waals surface area contributed by atoms with Crippen molar-refractivity contribution in [2.24, 2.45) is 0 Å². The third-order valence-corrected chi connectivity index (χ3v) is 2.96. The Hall–Kier alpha value is -0.830. The van der Waals surface area contributed by atoms with E-state index in [4.69, 9.17) is 0 Å². The fourth-order valence-corrected chi connectivity index (χ4v) is 2.00. The molecule has 0 atom stereocenters. The van der Waals surface area contributed by atoms with Gasteiger partial charge in [0.2, 0.25) is 5.91 Å². The molecular formula is C11H20N2O. The predicted octanol–water partition coefficient (Wildman–Crippen LogP) is 1.16. The quantitative estimate of drug-likeness (QED) is 0.687. The van der Waals surface area contributed by atoms with Crippen molar-refractivity contribution < 1.29 is 4.79 Å². The zero-order valence-corrected chi connectivity index (χ0v) is 9.12. The number of rotatable bonds is 3. The summed E-state index contributed by atoms with van der Waals surface area (Å²) in [7, 11) is 4.24. The highest BCUT2D eigenvalue weighted by molar-refractivity contribution is 5.87. The maximum absolute atomic E-state index is 11.1. The Morgan fingerprint density at radius 1 is 1.36 bits per heavy atom. The molecule has 1 amide bonds. The van der Waals surface area contributed by atoms with E-state index in [1.54, 1.807) is 0 Å². The number of hydrogen-bond acceptors (Lipinski definition) is 2. The number of amides is 1. The third-order valence-electron chi connectivity index (χ3n) is 2.96. The molecule has 0 aliphatic heterocycles. The fraction of sp³-hybridized carbons (Fsp3) is 0.727. The molecule has 0 unspecified atom stereocenters. The maximum atomic E-state index is 11.1. The molecule has 1 fully saturated rings. The molecule has 0 spiro atoms. The number of nitrogens with one attached hydrogen (secondary N) is 1. The minimum Gasteiger partial charge on any atom is -0.350 e. The molecule has 3 heteroatoms.